The molecule has 90 valence electrons. The maximum Gasteiger partial charge on any atom is 0.158 e. The van der Waals surface area contributed by atoms with Crippen LogP contribution in [0.4, 0.5) is 5.82 Å². The van der Waals surface area contributed by atoms with E-state index in [1.54, 1.807) is 6.20 Å². The molecule has 0 amide bonds. The Hall–Kier alpha value is -1.91. The second-order valence-corrected chi connectivity index (χ2v) is 3.75. The van der Waals surface area contributed by atoms with E-state index in [1.807, 2.05) is 26.1 Å². The van der Waals surface area contributed by atoms with Gasteiger partial charge in [0.25, 0.3) is 0 Å². The number of hydrogen-bond donors (Lipinski definition) is 1. The van der Waals surface area contributed by atoms with E-state index in [0.29, 0.717) is 0 Å². The molecule has 1 N–H and O–H groups in total. The van der Waals surface area contributed by atoms with Crippen molar-refractivity contribution < 1.29 is 0 Å². The van der Waals surface area contributed by atoms with Crippen molar-refractivity contribution in [3.8, 4) is 11.5 Å². The first-order valence-corrected chi connectivity index (χ1v) is 5.85. The topological polar surface area (TPSA) is 55.6 Å². The third-order valence-electron chi connectivity index (χ3n) is 2.48. The van der Waals surface area contributed by atoms with Gasteiger partial charge >= 0.3 is 0 Å². The summed E-state index contributed by atoms with van der Waals surface area (Å²) in [5.74, 6) is 2.49. The van der Waals surface area contributed by atoms with Crippen LogP contribution in [-0.4, -0.2) is 26.1 Å². The lowest BCUT2D eigenvalue weighted by Crippen LogP contribution is -2.04. The highest BCUT2D eigenvalue weighted by Gasteiger charge is 2.08. The predicted octanol–water partition coefficient (Wildman–Crippen LogP) is 2.10. The van der Waals surface area contributed by atoms with Crippen LogP contribution in [0.2, 0.25) is 0 Å². The molecule has 5 nitrogen and oxygen atoms in total. The van der Waals surface area contributed by atoms with Crippen molar-refractivity contribution in [2.75, 3.05) is 11.9 Å². The summed E-state index contributed by atoms with van der Waals surface area (Å²) in [5.41, 5.74) is 0.861. The molecule has 0 bridgehead atoms. The lowest BCUT2D eigenvalue weighted by Gasteiger charge is -2.08. The van der Waals surface area contributed by atoms with Crippen molar-refractivity contribution in [1.82, 2.24) is 19.5 Å². The van der Waals surface area contributed by atoms with Gasteiger partial charge in [0.15, 0.2) is 5.82 Å². The number of aromatic nitrogens is 4. The van der Waals surface area contributed by atoms with Crippen molar-refractivity contribution in [1.29, 1.82) is 0 Å². The van der Waals surface area contributed by atoms with Crippen LogP contribution in [0.5, 0.6) is 0 Å². The fourth-order valence-electron chi connectivity index (χ4n) is 1.75. The first-order chi connectivity index (χ1) is 8.24. The van der Waals surface area contributed by atoms with E-state index >= 15 is 0 Å². The Morgan fingerprint density at radius 1 is 1.29 bits per heavy atom. The molecule has 0 aliphatic rings. The van der Waals surface area contributed by atoms with E-state index in [-0.39, 0.29) is 0 Å². The summed E-state index contributed by atoms with van der Waals surface area (Å²) < 4.78 is 2.07. The number of hydrogen-bond acceptors (Lipinski definition) is 4. The second-order valence-electron chi connectivity index (χ2n) is 3.75. The molecule has 5 heteroatoms. The molecule has 0 unspecified atom stereocenters. The molecular formula is C12H17N5. The number of imidazole rings is 1. The molecule has 0 spiro atoms. The normalized spacial score (nSPS) is 10.5. The van der Waals surface area contributed by atoms with Gasteiger partial charge in [-0.25, -0.2) is 15.0 Å². The summed E-state index contributed by atoms with van der Waals surface area (Å²) in [6.45, 7) is 7.76. The monoisotopic (exact) mass is 231 g/mol. The quantitative estimate of drug-likeness (QED) is 0.875. The Morgan fingerprint density at radius 2 is 2.12 bits per heavy atom. The van der Waals surface area contributed by atoms with Crippen LogP contribution in [0.25, 0.3) is 11.5 Å². The van der Waals surface area contributed by atoms with Gasteiger partial charge in [0.2, 0.25) is 0 Å². The van der Waals surface area contributed by atoms with Gasteiger partial charge in [0.1, 0.15) is 17.3 Å². The Labute approximate surface area is 101 Å². The zero-order valence-corrected chi connectivity index (χ0v) is 10.4. The van der Waals surface area contributed by atoms with Gasteiger partial charge < -0.3 is 9.88 Å². The predicted molar refractivity (Wildman–Crippen MR) is 67.8 cm³/mol. The van der Waals surface area contributed by atoms with Crippen LogP contribution in [0.3, 0.4) is 0 Å². The Morgan fingerprint density at radius 3 is 2.82 bits per heavy atom. The van der Waals surface area contributed by atoms with Gasteiger partial charge in [0, 0.05) is 31.5 Å². The van der Waals surface area contributed by atoms with Gasteiger partial charge in [-0.15, -0.1) is 0 Å². The molecule has 0 saturated heterocycles. The third-order valence-corrected chi connectivity index (χ3v) is 2.48. The number of nitrogens with zero attached hydrogens (tertiary/aromatic N) is 4. The van der Waals surface area contributed by atoms with Gasteiger partial charge in [-0.3, -0.25) is 0 Å². The summed E-state index contributed by atoms with van der Waals surface area (Å²) in [6.07, 6.45) is 3.75. The highest BCUT2D eigenvalue weighted by molar-refractivity contribution is 5.55. The number of aryl methyl sites for hydroxylation is 2. The standard InChI is InChI=1S/C12H17N5/c1-4-13-11-8-10(15-9(3)16-11)12-14-6-7-17(12)5-2/h6-8H,4-5H2,1-3H3,(H,13,15,16). The molecule has 0 aliphatic heterocycles. The molecule has 2 aromatic rings. The van der Waals surface area contributed by atoms with E-state index in [4.69, 9.17) is 0 Å². The first kappa shape index (κ1) is 11.6. The van der Waals surface area contributed by atoms with Crippen LogP contribution in [0.1, 0.15) is 19.7 Å². The molecule has 0 aliphatic carbocycles. The highest BCUT2D eigenvalue weighted by Crippen LogP contribution is 2.18. The summed E-state index contributed by atoms with van der Waals surface area (Å²) in [4.78, 5) is 13.1. The molecule has 0 atom stereocenters. The molecular weight excluding hydrogens is 214 g/mol. The van der Waals surface area contributed by atoms with Crippen molar-refractivity contribution in [3.63, 3.8) is 0 Å². The minimum absolute atomic E-state index is 0.754. The summed E-state index contributed by atoms with van der Waals surface area (Å²) >= 11 is 0. The van der Waals surface area contributed by atoms with Gasteiger partial charge in [-0.1, -0.05) is 0 Å². The van der Waals surface area contributed by atoms with Crippen LogP contribution in [-0.2, 0) is 6.54 Å². The minimum Gasteiger partial charge on any atom is -0.370 e. The van der Waals surface area contributed by atoms with Crippen molar-refractivity contribution in [2.24, 2.45) is 0 Å². The lowest BCUT2D eigenvalue weighted by molar-refractivity contribution is 0.766. The number of rotatable bonds is 4. The third kappa shape index (κ3) is 2.43. The Kier molecular flexibility index (Phi) is 3.37. The summed E-state index contributed by atoms with van der Waals surface area (Å²) in [7, 11) is 0. The van der Waals surface area contributed by atoms with Crippen LogP contribution >= 0.6 is 0 Å². The smallest absolute Gasteiger partial charge is 0.158 e. The van der Waals surface area contributed by atoms with Crippen molar-refractivity contribution in [3.05, 3.63) is 24.3 Å². The maximum atomic E-state index is 4.43. The summed E-state index contributed by atoms with van der Waals surface area (Å²) in [5, 5.41) is 3.20. The average Bonchev–Trinajstić information content (AvgIpc) is 2.76. The molecule has 0 radical (unpaired) electrons. The molecule has 2 aromatic heterocycles. The minimum atomic E-state index is 0.754. The van der Waals surface area contributed by atoms with Crippen LogP contribution in [0.15, 0.2) is 18.5 Å². The first-order valence-electron chi connectivity index (χ1n) is 5.85. The number of nitrogens with one attached hydrogen (secondary N) is 1. The Bertz CT molecular complexity index is 503. The molecule has 17 heavy (non-hydrogen) atoms. The molecule has 2 heterocycles. The lowest BCUT2D eigenvalue weighted by atomic mass is 10.3. The summed E-state index contributed by atoms with van der Waals surface area (Å²) in [6, 6.07) is 1.94. The van der Waals surface area contributed by atoms with E-state index in [1.165, 1.54) is 0 Å². The second kappa shape index (κ2) is 4.95. The van der Waals surface area contributed by atoms with Crippen LogP contribution < -0.4 is 5.32 Å². The van der Waals surface area contributed by atoms with Gasteiger partial charge in [-0.05, 0) is 20.8 Å². The Balaban J connectivity index is 2.44. The van der Waals surface area contributed by atoms with Gasteiger partial charge in [0.05, 0.1) is 0 Å². The fourth-order valence-corrected chi connectivity index (χ4v) is 1.75. The van der Waals surface area contributed by atoms with Gasteiger partial charge in [-0.2, -0.15) is 0 Å². The highest BCUT2D eigenvalue weighted by atomic mass is 15.1. The molecule has 2 rings (SSSR count). The zero-order chi connectivity index (χ0) is 12.3. The molecule has 0 fully saturated rings. The van der Waals surface area contributed by atoms with Crippen molar-refractivity contribution in [2.45, 2.75) is 27.3 Å². The molecule has 0 saturated carbocycles. The van der Waals surface area contributed by atoms with Crippen LogP contribution in [0, 0.1) is 6.92 Å². The van der Waals surface area contributed by atoms with E-state index in [0.717, 1.165) is 36.3 Å². The largest absolute Gasteiger partial charge is 0.370 e. The van der Waals surface area contributed by atoms with E-state index in [2.05, 4.69) is 31.8 Å². The van der Waals surface area contributed by atoms with Crippen molar-refractivity contribution >= 4 is 5.82 Å². The number of anilines is 1. The fraction of sp³-hybridized carbons (Fsp3) is 0.417. The SMILES string of the molecule is CCNc1cc(-c2nccn2CC)nc(C)n1. The average molecular weight is 231 g/mol. The van der Waals surface area contributed by atoms with E-state index in [9.17, 15) is 0 Å². The molecule has 0 aromatic carbocycles. The maximum absolute atomic E-state index is 4.43. The van der Waals surface area contributed by atoms with E-state index < -0.39 is 0 Å². The zero-order valence-electron chi connectivity index (χ0n) is 10.4.